The van der Waals surface area contributed by atoms with Gasteiger partial charge in [-0.15, -0.1) is 21.5 Å². The van der Waals surface area contributed by atoms with Gasteiger partial charge < -0.3 is 0 Å². The molecule has 1 N–H and O–H groups in total. The number of rotatable bonds is 6. The molecule has 23 heavy (non-hydrogen) atoms. The second-order valence-electron chi connectivity index (χ2n) is 4.89. The molecule has 116 valence electrons. The highest BCUT2D eigenvalue weighted by molar-refractivity contribution is 7.10. The molecule has 0 unspecified atom stereocenters. The molecule has 2 aromatic heterocycles. The largest absolute Gasteiger partial charge is 0.290 e. The highest BCUT2D eigenvalue weighted by atomic mass is 32.1. The lowest BCUT2D eigenvalue weighted by molar-refractivity contribution is -0.114. The first kappa shape index (κ1) is 15.2. The van der Waals surface area contributed by atoms with Crippen LogP contribution in [0.4, 0.5) is 4.39 Å². The topological polar surface area (TPSA) is 88.6 Å². The van der Waals surface area contributed by atoms with E-state index >= 15 is 0 Å². The molecule has 0 saturated carbocycles. The van der Waals surface area contributed by atoms with E-state index in [1.807, 2.05) is 17.5 Å². The zero-order valence-corrected chi connectivity index (χ0v) is 12.6. The van der Waals surface area contributed by atoms with Crippen molar-refractivity contribution in [2.45, 2.75) is 12.8 Å². The Labute approximate surface area is 134 Å². The fraction of sp³-hybridized carbons (Fsp3) is 0.133. The van der Waals surface area contributed by atoms with Crippen LogP contribution in [0, 0.1) is 5.82 Å². The van der Waals surface area contributed by atoms with E-state index in [-0.39, 0.29) is 18.1 Å². The Morgan fingerprint density at radius 3 is 2.83 bits per heavy atom. The van der Waals surface area contributed by atoms with Gasteiger partial charge in [0.15, 0.2) is 0 Å². The predicted molar refractivity (Wildman–Crippen MR) is 80.7 cm³/mol. The van der Waals surface area contributed by atoms with E-state index in [9.17, 15) is 14.0 Å². The van der Waals surface area contributed by atoms with Gasteiger partial charge in [-0.3, -0.25) is 9.59 Å². The average molecular weight is 330 g/mol. The van der Waals surface area contributed by atoms with Gasteiger partial charge >= 0.3 is 0 Å². The van der Waals surface area contributed by atoms with Gasteiger partial charge in [0.25, 0.3) is 5.78 Å². The van der Waals surface area contributed by atoms with Crippen LogP contribution in [0.1, 0.15) is 26.6 Å². The van der Waals surface area contributed by atoms with E-state index in [1.54, 1.807) is 6.07 Å². The highest BCUT2D eigenvalue weighted by Crippen LogP contribution is 2.19. The number of hydrogen-bond acceptors (Lipinski definition) is 6. The molecule has 1 aromatic carbocycles. The quantitative estimate of drug-likeness (QED) is 0.551. The first-order chi connectivity index (χ1) is 11.1. The lowest BCUT2D eigenvalue weighted by atomic mass is 10.1. The van der Waals surface area contributed by atoms with E-state index in [0.717, 1.165) is 16.0 Å². The number of carbonyl (C=O) groups excluding carboxylic acids is 2. The molecule has 8 heteroatoms. The zero-order chi connectivity index (χ0) is 16.2. The van der Waals surface area contributed by atoms with E-state index in [1.165, 1.54) is 23.5 Å². The molecule has 0 fully saturated rings. The third kappa shape index (κ3) is 3.72. The summed E-state index contributed by atoms with van der Waals surface area (Å²) in [6.45, 7) is 0. The molecular formula is C15H11FN4O2S. The van der Waals surface area contributed by atoms with Gasteiger partial charge in [0, 0.05) is 11.3 Å². The summed E-state index contributed by atoms with van der Waals surface area (Å²) in [5.74, 6) is -1.87. The molecule has 0 aliphatic heterocycles. The van der Waals surface area contributed by atoms with E-state index in [0.29, 0.717) is 6.42 Å². The minimum absolute atomic E-state index is 0.0127. The lowest BCUT2D eigenvalue weighted by Gasteiger charge is -1.98. The van der Waals surface area contributed by atoms with Crippen LogP contribution in [0.2, 0.25) is 0 Å². The average Bonchev–Trinajstić information content (AvgIpc) is 3.18. The predicted octanol–water partition coefficient (Wildman–Crippen LogP) is 1.99. The monoisotopic (exact) mass is 330 g/mol. The molecule has 0 saturated heterocycles. The van der Waals surface area contributed by atoms with E-state index in [4.69, 9.17) is 0 Å². The molecular weight excluding hydrogens is 319 g/mol. The van der Waals surface area contributed by atoms with Crippen molar-refractivity contribution < 1.29 is 14.0 Å². The van der Waals surface area contributed by atoms with Gasteiger partial charge in [-0.05, 0) is 46.3 Å². The number of Topliss-reactive ketones (excluding diaryl/α,β-unsaturated/α-hetero) is 2. The number of hydrogen-bond donors (Lipinski definition) is 1. The Kier molecular flexibility index (Phi) is 4.33. The third-order valence-electron chi connectivity index (χ3n) is 3.14. The molecule has 3 rings (SSSR count). The third-order valence-corrected chi connectivity index (χ3v) is 4.13. The molecule has 0 radical (unpaired) electrons. The van der Waals surface area contributed by atoms with Crippen LogP contribution in [-0.2, 0) is 17.6 Å². The Balaban J connectivity index is 1.65. The van der Waals surface area contributed by atoms with Crippen molar-refractivity contribution in [3.8, 4) is 0 Å². The number of aromatic nitrogens is 4. The first-order valence-corrected chi connectivity index (χ1v) is 7.61. The fourth-order valence-corrected chi connectivity index (χ4v) is 3.00. The number of nitrogens with one attached hydrogen (secondary N) is 1. The summed E-state index contributed by atoms with van der Waals surface area (Å²) in [6, 6.07) is 8.21. The molecule has 0 aliphatic rings. The SMILES string of the molecule is O=C(Cc1cc(Cc2cccc(F)c2)cs1)C(=O)c1nn[nH]n1. The molecule has 3 aromatic rings. The minimum Gasteiger partial charge on any atom is -0.290 e. The number of nitrogens with zero attached hydrogens (tertiary/aromatic N) is 3. The van der Waals surface area contributed by atoms with Crippen LogP contribution in [0.3, 0.4) is 0 Å². The highest BCUT2D eigenvalue weighted by Gasteiger charge is 2.21. The summed E-state index contributed by atoms with van der Waals surface area (Å²) in [4.78, 5) is 24.4. The van der Waals surface area contributed by atoms with Crippen molar-refractivity contribution in [3.63, 3.8) is 0 Å². The minimum atomic E-state index is -0.765. The summed E-state index contributed by atoms with van der Waals surface area (Å²) in [5.41, 5.74) is 1.82. The summed E-state index contributed by atoms with van der Waals surface area (Å²) in [5, 5.41) is 14.3. The number of ketones is 2. The molecule has 0 atom stereocenters. The van der Waals surface area contributed by atoms with Crippen LogP contribution in [0.15, 0.2) is 35.7 Å². The van der Waals surface area contributed by atoms with Crippen LogP contribution >= 0.6 is 11.3 Å². The smallest absolute Gasteiger partial charge is 0.269 e. The van der Waals surface area contributed by atoms with Crippen molar-refractivity contribution >= 4 is 22.9 Å². The number of aromatic amines is 1. The maximum absolute atomic E-state index is 13.2. The Morgan fingerprint density at radius 2 is 2.09 bits per heavy atom. The number of tetrazole rings is 1. The van der Waals surface area contributed by atoms with E-state index < -0.39 is 11.6 Å². The number of carbonyl (C=O) groups is 2. The number of thiophene rings is 1. The Bertz CT molecular complexity index is 845. The summed E-state index contributed by atoms with van der Waals surface area (Å²) < 4.78 is 13.2. The first-order valence-electron chi connectivity index (χ1n) is 6.73. The Morgan fingerprint density at radius 1 is 1.22 bits per heavy atom. The summed E-state index contributed by atoms with van der Waals surface area (Å²) in [6.07, 6.45) is 0.558. The van der Waals surface area contributed by atoms with Crippen molar-refractivity contribution in [1.82, 2.24) is 20.6 Å². The van der Waals surface area contributed by atoms with Crippen LogP contribution in [0.5, 0.6) is 0 Å². The maximum atomic E-state index is 13.2. The zero-order valence-electron chi connectivity index (χ0n) is 11.8. The molecule has 6 nitrogen and oxygen atoms in total. The van der Waals surface area contributed by atoms with Crippen molar-refractivity contribution in [2.24, 2.45) is 0 Å². The summed E-state index contributed by atoms with van der Waals surface area (Å²) >= 11 is 1.38. The normalized spacial score (nSPS) is 10.7. The van der Waals surface area contributed by atoms with Crippen molar-refractivity contribution in [3.05, 3.63) is 63.4 Å². The Hall–Kier alpha value is -2.74. The van der Waals surface area contributed by atoms with Gasteiger partial charge in [0.2, 0.25) is 11.6 Å². The fourth-order valence-electron chi connectivity index (χ4n) is 2.12. The van der Waals surface area contributed by atoms with Gasteiger partial charge in [0.1, 0.15) is 5.82 Å². The standard InChI is InChI=1S/C15H11FN4O2S/c16-11-3-1-2-9(5-11)4-10-6-12(23-8-10)7-13(21)14(22)15-17-19-20-18-15/h1-3,5-6,8H,4,7H2,(H,17,18,19,20). The van der Waals surface area contributed by atoms with Crippen molar-refractivity contribution in [2.75, 3.05) is 0 Å². The second kappa shape index (κ2) is 6.57. The molecule has 0 aliphatic carbocycles. The van der Waals surface area contributed by atoms with Crippen LogP contribution < -0.4 is 0 Å². The van der Waals surface area contributed by atoms with E-state index in [2.05, 4.69) is 20.6 Å². The van der Waals surface area contributed by atoms with Crippen LogP contribution in [0.25, 0.3) is 0 Å². The number of benzene rings is 1. The van der Waals surface area contributed by atoms with Gasteiger partial charge in [0.05, 0.1) is 0 Å². The van der Waals surface area contributed by atoms with Crippen molar-refractivity contribution in [1.29, 1.82) is 0 Å². The number of halogens is 1. The van der Waals surface area contributed by atoms with Gasteiger partial charge in [-0.25, -0.2) is 4.39 Å². The molecule has 0 spiro atoms. The molecule has 2 heterocycles. The number of H-pyrrole nitrogens is 1. The molecule has 0 bridgehead atoms. The van der Waals surface area contributed by atoms with Gasteiger partial charge in [-0.2, -0.15) is 5.21 Å². The molecule has 0 amide bonds. The van der Waals surface area contributed by atoms with Gasteiger partial charge in [-0.1, -0.05) is 12.1 Å². The lowest BCUT2D eigenvalue weighted by Crippen LogP contribution is -2.17. The maximum Gasteiger partial charge on any atom is 0.269 e. The second-order valence-corrected chi connectivity index (χ2v) is 5.89. The summed E-state index contributed by atoms with van der Waals surface area (Å²) in [7, 11) is 0. The van der Waals surface area contributed by atoms with Crippen LogP contribution in [-0.4, -0.2) is 32.2 Å².